The minimum atomic E-state index is -3.88. The summed E-state index contributed by atoms with van der Waals surface area (Å²) in [7, 11) is -3.88. The van der Waals surface area contributed by atoms with Crippen LogP contribution in [-0.2, 0) is 26.0 Å². The molecule has 33 heavy (non-hydrogen) atoms. The standard InChI is InChI=1S/C22H18N4O5S2/c1-2-7-26-18-9-13(3-6-19(18)31-11-21(26)28)17-12-32-22(24-17)25-33(29,30)15-4-5-16-14(8-15)10-20(27)23-16/h2-6,8-9,12H,1,7,10-11H2,(H,23,27)(H,24,25). The van der Waals surface area contributed by atoms with Gasteiger partial charge in [0.05, 0.1) is 22.7 Å². The van der Waals surface area contributed by atoms with Crippen molar-refractivity contribution >= 4 is 49.7 Å². The van der Waals surface area contributed by atoms with Crippen molar-refractivity contribution in [2.45, 2.75) is 11.3 Å². The number of rotatable bonds is 6. The number of aromatic nitrogens is 1. The number of carbonyl (C=O) groups excluding carboxylic acids is 2. The van der Waals surface area contributed by atoms with Crippen LogP contribution >= 0.6 is 11.3 Å². The molecule has 0 spiro atoms. The van der Waals surface area contributed by atoms with Gasteiger partial charge in [0.2, 0.25) is 5.91 Å². The number of nitrogens with one attached hydrogen (secondary N) is 2. The molecular formula is C22H18N4O5S2. The first-order valence-electron chi connectivity index (χ1n) is 9.94. The van der Waals surface area contributed by atoms with Gasteiger partial charge in [-0.05, 0) is 42.0 Å². The first-order chi connectivity index (χ1) is 15.8. The minimum absolute atomic E-state index is 0.0320. The number of anilines is 3. The maximum atomic E-state index is 12.9. The van der Waals surface area contributed by atoms with E-state index in [2.05, 4.69) is 21.6 Å². The largest absolute Gasteiger partial charge is 0.482 e. The summed E-state index contributed by atoms with van der Waals surface area (Å²) in [6.07, 6.45) is 1.79. The van der Waals surface area contributed by atoms with Crippen LogP contribution in [0, 0.1) is 0 Å². The van der Waals surface area contributed by atoms with Crippen molar-refractivity contribution in [1.29, 1.82) is 0 Å². The van der Waals surface area contributed by atoms with Crippen LogP contribution in [0.2, 0.25) is 0 Å². The van der Waals surface area contributed by atoms with Crippen LogP contribution in [-0.4, -0.2) is 38.4 Å². The second kappa shape index (κ2) is 8.01. The normalized spacial score (nSPS) is 14.8. The first-order valence-corrected chi connectivity index (χ1v) is 12.3. The fourth-order valence-corrected chi connectivity index (χ4v) is 5.71. The number of carbonyl (C=O) groups is 2. The SMILES string of the molecule is C=CCN1C(=O)COc2ccc(-c3csc(NS(=O)(=O)c4ccc5c(c4)CC(=O)N5)n3)cc21. The Balaban J connectivity index is 1.40. The summed E-state index contributed by atoms with van der Waals surface area (Å²) in [5, 5.41) is 4.61. The molecular weight excluding hydrogens is 464 g/mol. The van der Waals surface area contributed by atoms with E-state index in [1.807, 2.05) is 0 Å². The van der Waals surface area contributed by atoms with Gasteiger partial charge in [-0.3, -0.25) is 14.3 Å². The van der Waals surface area contributed by atoms with Crippen molar-refractivity contribution in [1.82, 2.24) is 4.98 Å². The minimum Gasteiger partial charge on any atom is -0.482 e. The molecule has 11 heteroatoms. The Kier molecular flexibility index (Phi) is 5.14. The molecule has 0 atom stereocenters. The van der Waals surface area contributed by atoms with E-state index in [1.54, 1.807) is 40.6 Å². The van der Waals surface area contributed by atoms with E-state index < -0.39 is 10.0 Å². The van der Waals surface area contributed by atoms with Crippen molar-refractivity contribution in [3.05, 3.63) is 60.0 Å². The van der Waals surface area contributed by atoms with Crippen LogP contribution in [0.5, 0.6) is 5.75 Å². The topological polar surface area (TPSA) is 118 Å². The van der Waals surface area contributed by atoms with E-state index in [0.717, 1.165) is 11.3 Å². The lowest BCUT2D eigenvalue weighted by Crippen LogP contribution is -2.38. The van der Waals surface area contributed by atoms with E-state index in [0.29, 0.717) is 40.5 Å². The van der Waals surface area contributed by atoms with E-state index >= 15 is 0 Å². The zero-order valence-electron chi connectivity index (χ0n) is 17.2. The number of hydrogen-bond donors (Lipinski definition) is 2. The Bertz CT molecular complexity index is 1410. The van der Waals surface area contributed by atoms with Crippen LogP contribution < -0.4 is 19.7 Å². The summed E-state index contributed by atoms with van der Waals surface area (Å²) >= 11 is 1.14. The molecule has 2 aromatic carbocycles. The third-order valence-corrected chi connectivity index (χ3v) is 7.47. The van der Waals surface area contributed by atoms with E-state index in [-0.39, 0.29) is 34.9 Å². The molecule has 3 heterocycles. The molecule has 2 amide bonds. The Morgan fingerprint density at radius 1 is 1.24 bits per heavy atom. The maximum Gasteiger partial charge on any atom is 0.265 e. The molecule has 3 aromatic rings. The summed E-state index contributed by atoms with van der Waals surface area (Å²) < 4.78 is 33.7. The number of fused-ring (bicyclic) bond motifs is 2. The molecule has 9 nitrogen and oxygen atoms in total. The van der Waals surface area contributed by atoms with Gasteiger partial charge in [0.25, 0.3) is 15.9 Å². The monoisotopic (exact) mass is 482 g/mol. The van der Waals surface area contributed by atoms with E-state index in [4.69, 9.17) is 4.74 Å². The lowest BCUT2D eigenvalue weighted by atomic mass is 10.1. The van der Waals surface area contributed by atoms with Gasteiger partial charge in [0, 0.05) is 23.2 Å². The zero-order valence-corrected chi connectivity index (χ0v) is 18.8. The zero-order chi connectivity index (χ0) is 23.2. The van der Waals surface area contributed by atoms with Crippen LogP contribution in [0.4, 0.5) is 16.5 Å². The van der Waals surface area contributed by atoms with Gasteiger partial charge >= 0.3 is 0 Å². The van der Waals surface area contributed by atoms with Gasteiger partial charge in [-0.2, -0.15) is 0 Å². The molecule has 2 aliphatic heterocycles. The quantitative estimate of drug-likeness (QED) is 0.522. The molecule has 2 aliphatic rings. The number of benzene rings is 2. The average Bonchev–Trinajstić information content (AvgIpc) is 3.40. The number of thiazole rings is 1. The molecule has 2 N–H and O–H groups in total. The summed E-state index contributed by atoms with van der Waals surface area (Å²) in [5.41, 5.74) is 3.14. The molecule has 0 bridgehead atoms. The highest BCUT2D eigenvalue weighted by molar-refractivity contribution is 7.93. The second-order valence-corrected chi connectivity index (χ2v) is 9.99. The Labute approximate surface area is 193 Å². The van der Waals surface area contributed by atoms with Gasteiger partial charge in [-0.1, -0.05) is 6.08 Å². The second-order valence-electron chi connectivity index (χ2n) is 7.45. The van der Waals surface area contributed by atoms with Crippen LogP contribution in [0.25, 0.3) is 11.3 Å². The predicted molar refractivity (Wildman–Crippen MR) is 125 cm³/mol. The number of nitrogens with zero attached hydrogens (tertiary/aromatic N) is 2. The fraction of sp³-hybridized carbons (Fsp3) is 0.136. The molecule has 0 fully saturated rings. The van der Waals surface area contributed by atoms with Crippen molar-refractivity contribution in [2.75, 3.05) is 28.1 Å². The van der Waals surface area contributed by atoms with Crippen molar-refractivity contribution in [3.8, 4) is 17.0 Å². The molecule has 5 rings (SSSR count). The van der Waals surface area contributed by atoms with Gasteiger partial charge in [-0.15, -0.1) is 17.9 Å². The number of ether oxygens (including phenoxy) is 1. The van der Waals surface area contributed by atoms with Crippen LogP contribution in [0.15, 0.2) is 59.3 Å². The van der Waals surface area contributed by atoms with Crippen molar-refractivity contribution in [2.24, 2.45) is 0 Å². The average molecular weight is 483 g/mol. The van der Waals surface area contributed by atoms with E-state index in [9.17, 15) is 18.0 Å². The lowest BCUT2D eigenvalue weighted by Gasteiger charge is -2.28. The predicted octanol–water partition coefficient (Wildman–Crippen LogP) is 3.02. The third kappa shape index (κ3) is 3.96. The highest BCUT2D eigenvalue weighted by Crippen LogP contribution is 2.37. The molecule has 0 aliphatic carbocycles. The molecule has 0 unspecified atom stereocenters. The Hall–Kier alpha value is -3.70. The first kappa shape index (κ1) is 21.2. The Morgan fingerprint density at radius 2 is 2.09 bits per heavy atom. The molecule has 0 radical (unpaired) electrons. The Morgan fingerprint density at radius 3 is 2.91 bits per heavy atom. The number of hydrogen-bond acceptors (Lipinski definition) is 7. The van der Waals surface area contributed by atoms with Crippen molar-refractivity contribution in [3.63, 3.8) is 0 Å². The highest BCUT2D eigenvalue weighted by Gasteiger charge is 2.26. The third-order valence-electron chi connectivity index (χ3n) is 5.25. The molecule has 168 valence electrons. The van der Waals surface area contributed by atoms with Gasteiger partial charge in [0.1, 0.15) is 5.75 Å². The fourth-order valence-electron chi connectivity index (χ4n) is 3.69. The smallest absolute Gasteiger partial charge is 0.265 e. The molecule has 1 aromatic heterocycles. The van der Waals surface area contributed by atoms with Gasteiger partial charge < -0.3 is 15.0 Å². The van der Waals surface area contributed by atoms with Crippen LogP contribution in [0.1, 0.15) is 5.56 Å². The number of amides is 2. The highest BCUT2D eigenvalue weighted by atomic mass is 32.2. The number of sulfonamides is 1. The van der Waals surface area contributed by atoms with Gasteiger partial charge in [-0.25, -0.2) is 13.4 Å². The summed E-state index contributed by atoms with van der Waals surface area (Å²) in [6, 6.07) is 9.85. The van der Waals surface area contributed by atoms with E-state index in [1.165, 1.54) is 12.1 Å². The summed E-state index contributed by atoms with van der Waals surface area (Å²) in [4.78, 5) is 29.8. The lowest BCUT2D eigenvalue weighted by molar-refractivity contribution is -0.121. The molecule has 0 saturated heterocycles. The molecule has 0 saturated carbocycles. The van der Waals surface area contributed by atoms with Crippen molar-refractivity contribution < 1.29 is 22.7 Å². The summed E-state index contributed by atoms with van der Waals surface area (Å²) in [6.45, 7) is 4.02. The summed E-state index contributed by atoms with van der Waals surface area (Å²) in [5.74, 6) is 0.249. The maximum absolute atomic E-state index is 12.9. The van der Waals surface area contributed by atoms with Crippen LogP contribution in [0.3, 0.4) is 0 Å². The van der Waals surface area contributed by atoms with Gasteiger partial charge in [0.15, 0.2) is 11.7 Å².